The second-order valence-electron chi connectivity index (χ2n) is 7.24. The molecule has 1 aliphatic rings. The van der Waals surface area contributed by atoms with Crippen molar-refractivity contribution in [2.75, 3.05) is 13.1 Å². The largest absolute Gasteiger partial charge is 0.455 e. The number of nitrogens with zero attached hydrogens (tertiary/aromatic N) is 4. The van der Waals surface area contributed by atoms with E-state index in [4.69, 9.17) is 13.7 Å². The fourth-order valence-electron chi connectivity index (χ4n) is 3.54. The summed E-state index contributed by atoms with van der Waals surface area (Å²) >= 11 is 0. The summed E-state index contributed by atoms with van der Waals surface area (Å²) in [5.41, 5.74) is 2.07. The number of aromatic nitrogens is 3. The van der Waals surface area contributed by atoms with Gasteiger partial charge in [0.15, 0.2) is 6.61 Å². The van der Waals surface area contributed by atoms with E-state index >= 15 is 0 Å². The zero-order valence-electron chi connectivity index (χ0n) is 16.8. The number of hydrogen-bond acceptors (Lipinski definition) is 8. The molecule has 1 atom stereocenters. The molecule has 1 aliphatic heterocycles. The van der Waals surface area contributed by atoms with Gasteiger partial charge in [0.1, 0.15) is 17.0 Å². The zero-order chi connectivity index (χ0) is 21.1. The monoisotopic (exact) mass is 410 g/mol. The van der Waals surface area contributed by atoms with Gasteiger partial charge < -0.3 is 18.6 Å². The van der Waals surface area contributed by atoms with E-state index in [-0.39, 0.29) is 36.2 Å². The van der Waals surface area contributed by atoms with Crippen LogP contribution in [-0.2, 0) is 20.9 Å². The highest BCUT2D eigenvalue weighted by Crippen LogP contribution is 2.33. The van der Waals surface area contributed by atoms with Gasteiger partial charge in [0, 0.05) is 25.6 Å². The topological polar surface area (TPSA) is 112 Å². The van der Waals surface area contributed by atoms with Crippen LogP contribution in [0, 0.1) is 12.8 Å². The van der Waals surface area contributed by atoms with Crippen molar-refractivity contribution in [3.63, 3.8) is 0 Å². The Labute approximate surface area is 173 Å². The fourth-order valence-corrected chi connectivity index (χ4v) is 3.54. The zero-order valence-corrected chi connectivity index (χ0v) is 16.8. The third-order valence-corrected chi connectivity index (χ3v) is 5.13. The highest BCUT2D eigenvalue weighted by molar-refractivity contribution is 5.78. The normalized spacial score (nSPS) is 16.5. The maximum absolute atomic E-state index is 12.4. The van der Waals surface area contributed by atoms with Gasteiger partial charge in [-0.05, 0) is 19.8 Å². The molecule has 1 amide bonds. The summed E-state index contributed by atoms with van der Waals surface area (Å²) in [5.74, 6) is 0.234. The highest BCUT2D eigenvalue weighted by Gasteiger charge is 2.29. The van der Waals surface area contributed by atoms with E-state index in [1.165, 1.54) is 6.92 Å². The molecule has 3 aromatic rings. The van der Waals surface area contributed by atoms with Crippen molar-refractivity contribution in [3.8, 4) is 22.7 Å². The first kappa shape index (κ1) is 19.8. The molecule has 1 aromatic carbocycles. The second-order valence-corrected chi connectivity index (χ2v) is 7.24. The van der Waals surface area contributed by atoms with E-state index in [0.717, 1.165) is 12.0 Å². The van der Waals surface area contributed by atoms with Gasteiger partial charge in [-0.1, -0.05) is 35.5 Å². The standard InChI is InChI=1S/C21H22N4O5/c1-13-18(19(24-30-13)15-7-4-3-5-8-15)20-23-22-17(29-20)12-28-21(27)16-9-6-10-25(11-16)14(2)26/h3-5,7-8,16H,6,9-12H2,1-2H3. The molecule has 2 aromatic heterocycles. The number of aryl methyl sites for hydroxylation is 1. The van der Waals surface area contributed by atoms with Gasteiger partial charge in [-0.25, -0.2) is 0 Å². The number of hydrogen-bond donors (Lipinski definition) is 0. The molecule has 1 fully saturated rings. The Hall–Kier alpha value is -3.49. The van der Waals surface area contributed by atoms with Crippen LogP contribution in [0.1, 0.15) is 31.4 Å². The molecule has 4 rings (SSSR count). The predicted octanol–water partition coefficient (Wildman–Crippen LogP) is 3.00. The van der Waals surface area contributed by atoms with Gasteiger partial charge >= 0.3 is 5.97 Å². The van der Waals surface area contributed by atoms with E-state index in [9.17, 15) is 9.59 Å². The Morgan fingerprint density at radius 3 is 2.80 bits per heavy atom. The van der Waals surface area contributed by atoms with Crippen molar-refractivity contribution >= 4 is 11.9 Å². The Kier molecular flexibility index (Phi) is 5.60. The van der Waals surface area contributed by atoms with Crippen molar-refractivity contribution in [1.82, 2.24) is 20.3 Å². The third kappa shape index (κ3) is 4.10. The molecule has 3 heterocycles. The Morgan fingerprint density at radius 1 is 1.23 bits per heavy atom. The Morgan fingerprint density at radius 2 is 2.03 bits per heavy atom. The number of carbonyl (C=O) groups excluding carboxylic acids is 2. The summed E-state index contributed by atoms with van der Waals surface area (Å²) in [4.78, 5) is 25.6. The summed E-state index contributed by atoms with van der Waals surface area (Å²) in [6.45, 7) is 4.19. The molecule has 1 saturated heterocycles. The van der Waals surface area contributed by atoms with Crippen LogP contribution in [0.4, 0.5) is 0 Å². The number of piperidine rings is 1. The minimum atomic E-state index is -0.369. The number of carbonyl (C=O) groups is 2. The summed E-state index contributed by atoms with van der Waals surface area (Å²) in [7, 11) is 0. The second kappa shape index (κ2) is 8.48. The van der Waals surface area contributed by atoms with Gasteiger partial charge in [0.05, 0.1) is 5.92 Å². The van der Waals surface area contributed by atoms with Crippen LogP contribution in [0.3, 0.4) is 0 Å². The Balaban J connectivity index is 1.44. The number of rotatable bonds is 5. The Bertz CT molecular complexity index is 1040. The average Bonchev–Trinajstić information content (AvgIpc) is 3.39. The lowest BCUT2D eigenvalue weighted by atomic mass is 9.98. The number of ether oxygens (including phenoxy) is 1. The maximum atomic E-state index is 12.4. The first-order valence-electron chi connectivity index (χ1n) is 9.79. The molecule has 30 heavy (non-hydrogen) atoms. The average molecular weight is 410 g/mol. The molecule has 9 nitrogen and oxygen atoms in total. The molecule has 0 N–H and O–H groups in total. The first-order chi connectivity index (χ1) is 14.5. The van der Waals surface area contributed by atoms with Crippen molar-refractivity contribution < 1.29 is 23.3 Å². The maximum Gasteiger partial charge on any atom is 0.311 e. The van der Waals surface area contributed by atoms with Crippen LogP contribution in [0.25, 0.3) is 22.7 Å². The number of amides is 1. The SMILES string of the molecule is CC(=O)N1CCCC(C(=O)OCc2nnc(-c3c(-c4ccccc4)noc3C)o2)C1. The van der Waals surface area contributed by atoms with Crippen LogP contribution >= 0.6 is 0 Å². The summed E-state index contributed by atoms with van der Waals surface area (Å²) < 4.78 is 16.4. The van der Waals surface area contributed by atoms with Gasteiger partial charge in [-0.2, -0.15) is 0 Å². The molecule has 1 unspecified atom stereocenters. The van der Waals surface area contributed by atoms with E-state index in [2.05, 4.69) is 15.4 Å². The van der Waals surface area contributed by atoms with Crippen LogP contribution < -0.4 is 0 Å². The molecular formula is C21H22N4O5. The quantitative estimate of drug-likeness (QED) is 0.590. The van der Waals surface area contributed by atoms with Gasteiger partial charge in [-0.15, -0.1) is 10.2 Å². The lowest BCUT2D eigenvalue weighted by molar-refractivity contribution is -0.153. The lowest BCUT2D eigenvalue weighted by Gasteiger charge is -2.30. The van der Waals surface area contributed by atoms with Crippen molar-refractivity contribution in [1.29, 1.82) is 0 Å². The minimum absolute atomic E-state index is 0.0349. The predicted molar refractivity (Wildman–Crippen MR) is 105 cm³/mol. The molecule has 0 spiro atoms. The number of benzene rings is 1. The van der Waals surface area contributed by atoms with Gasteiger partial charge in [-0.3, -0.25) is 9.59 Å². The molecule has 9 heteroatoms. The van der Waals surface area contributed by atoms with Crippen LogP contribution in [0.2, 0.25) is 0 Å². The molecule has 0 bridgehead atoms. The molecular weight excluding hydrogens is 388 g/mol. The smallest absolute Gasteiger partial charge is 0.311 e. The molecule has 0 saturated carbocycles. The number of esters is 1. The first-order valence-corrected chi connectivity index (χ1v) is 9.79. The van der Waals surface area contributed by atoms with Crippen molar-refractivity contribution in [3.05, 3.63) is 42.0 Å². The summed E-state index contributed by atoms with van der Waals surface area (Å²) in [5, 5.41) is 12.2. The van der Waals surface area contributed by atoms with E-state index in [1.807, 2.05) is 30.3 Å². The van der Waals surface area contributed by atoms with E-state index in [0.29, 0.717) is 36.5 Å². The molecule has 0 aliphatic carbocycles. The van der Waals surface area contributed by atoms with Crippen LogP contribution in [0.5, 0.6) is 0 Å². The molecule has 156 valence electrons. The minimum Gasteiger partial charge on any atom is -0.455 e. The molecule has 0 radical (unpaired) electrons. The highest BCUT2D eigenvalue weighted by atomic mass is 16.5. The third-order valence-electron chi connectivity index (χ3n) is 5.13. The van der Waals surface area contributed by atoms with E-state index in [1.54, 1.807) is 11.8 Å². The van der Waals surface area contributed by atoms with Crippen LogP contribution in [0.15, 0.2) is 39.3 Å². The van der Waals surface area contributed by atoms with E-state index < -0.39 is 0 Å². The lowest BCUT2D eigenvalue weighted by Crippen LogP contribution is -2.41. The van der Waals surface area contributed by atoms with Gasteiger partial charge in [0.2, 0.25) is 5.91 Å². The van der Waals surface area contributed by atoms with Crippen LogP contribution in [-0.4, -0.2) is 45.2 Å². The van der Waals surface area contributed by atoms with Crippen molar-refractivity contribution in [2.45, 2.75) is 33.3 Å². The summed E-state index contributed by atoms with van der Waals surface area (Å²) in [6.07, 6.45) is 1.47. The van der Waals surface area contributed by atoms with Crippen molar-refractivity contribution in [2.24, 2.45) is 5.92 Å². The summed E-state index contributed by atoms with van der Waals surface area (Å²) in [6, 6.07) is 9.54. The number of likely N-dealkylation sites (tertiary alicyclic amines) is 1. The fraction of sp³-hybridized carbons (Fsp3) is 0.381. The van der Waals surface area contributed by atoms with Gasteiger partial charge in [0.25, 0.3) is 11.8 Å².